The van der Waals surface area contributed by atoms with Crippen molar-refractivity contribution in [3.63, 3.8) is 0 Å². The van der Waals surface area contributed by atoms with E-state index in [2.05, 4.69) is 0 Å². The topological polar surface area (TPSA) is 60.2 Å². The van der Waals surface area contributed by atoms with Gasteiger partial charge in [0.15, 0.2) is 5.54 Å². The van der Waals surface area contributed by atoms with Crippen molar-refractivity contribution >= 4 is 35.0 Å². The lowest BCUT2D eigenvalue weighted by Gasteiger charge is -2.43. The van der Waals surface area contributed by atoms with Crippen LogP contribution in [0.2, 0.25) is 10.0 Å². The molecule has 118 valence electrons. The molecule has 1 aliphatic heterocycles. The second-order valence-corrected chi connectivity index (χ2v) is 7.37. The summed E-state index contributed by atoms with van der Waals surface area (Å²) in [5, 5.41) is 1.08. The molecule has 1 heterocycles. The molecule has 22 heavy (non-hydrogen) atoms. The van der Waals surface area contributed by atoms with E-state index < -0.39 is 11.4 Å². The first-order valence-electron chi connectivity index (χ1n) is 7.46. The average Bonchev–Trinajstić information content (AvgIpc) is 3.25. The zero-order chi connectivity index (χ0) is 16.1. The third kappa shape index (κ3) is 2.16. The van der Waals surface area contributed by atoms with Crippen LogP contribution in [0.3, 0.4) is 0 Å². The van der Waals surface area contributed by atoms with Crippen molar-refractivity contribution in [2.24, 2.45) is 5.73 Å². The molecule has 2 atom stereocenters. The molecule has 0 bridgehead atoms. The monoisotopic (exact) mass is 341 g/mol. The maximum atomic E-state index is 12.8. The second kappa shape index (κ2) is 5.22. The average molecular weight is 342 g/mol. The van der Waals surface area contributed by atoms with Crippen LogP contribution in [0.1, 0.15) is 38.2 Å². The molecule has 4 nitrogen and oxygen atoms in total. The fraction of sp³-hybridized carbons (Fsp3) is 0.500. The van der Waals surface area contributed by atoms with Crippen molar-refractivity contribution in [3.05, 3.63) is 33.8 Å². The number of halogens is 2. The number of nitrogens with two attached hydrogens (primary N) is 1. The number of quaternary nitrogens is 1. The Hall–Kier alpha value is -1.10. The lowest BCUT2D eigenvalue weighted by Crippen LogP contribution is -2.67. The van der Waals surface area contributed by atoms with Crippen LogP contribution >= 0.6 is 23.2 Å². The van der Waals surface area contributed by atoms with Gasteiger partial charge in [0.25, 0.3) is 5.91 Å². The summed E-state index contributed by atoms with van der Waals surface area (Å²) in [7, 11) is 0. The summed E-state index contributed by atoms with van der Waals surface area (Å²) in [4.78, 5) is 24.9. The third-order valence-electron chi connectivity index (χ3n) is 5.29. The first kappa shape index (κ1) is 15.8. The number of hydrogen-bond donors (Lipinski definition) is 1. The summed E-state index contributed by atoms with van der Waals surface area (Å²) < 4.78 is 0.115. The fourth-order valence-corrected chi connectivity index (χ4v) is 4.24. The number of hydrogen-bond acceptors (Lipinski definition) is 2. The molecule has 1 unspecified atom stereocenters. The van der Waals surface area contributed by atoms with Crippen LogP contribution in [0.5, 0.6) is 0 Å². The molecular formula is C16H19Cl2N2O2+. The Morgan fingerprint density at radius 2 is 2.09 bits per heavy atom. The molecule has 3 rings (SSSR count). The van der Waals surface area contributed by atoms with Gasteiger partial charge in [-0.05, 0) is 12.1 Å². The van der Waals surface area contributed by atoms with Crippen LogP contribution in [0, 0.1) is 0 Å². The largest absolute Gasteiger partial charge is 0.364 e. The Labute approximate surface area is 139 Å². The number of amides is 2. The molecule has 0 spiro atoms. The van der Waals surface area contributed by atoms with Gasteiger partial charge in [0.05, 0.1) is 17.5 Å². The molecule has 2 fully saturated rings. The fourth-order valence-electron chi connectivity index (χ4n) is 3.78. The molecule has 0 radical (unpaired) electrons. The van der Waals surface area contributed by atoms with Crippen molar-refractivity contribution < 1.29 is 14.1 Å². The number of benzene rings is 1. The van der Waals surface area contributed by atoms with Gasteiger partial charge < -0.3 is 5.73 Å². The number of rotatable bonds is 4. The predicted octanol–water partition coefficient (Wildman–Crippen LogP) is 3.04. The maximum Gasteiger partial charge on any atom is 0.315 e. The standard InChI is InChI=1S/C16H18Cl2N2O2/c1-16(15(19)22)7-6-14(21)20(16,12-4-5-12)9-10-2-3-11(17)8-13(10)18/h2-3,8,12H,4-7,9H2,1H3,(H-,19,22)/p+1/t16-,20?/m0/s1. The predicted molar refractivity (Wildman–Crippen MR) is 85.3 cm³/mol. The van der Waals surface area contributed by atoms with Crippen LogP contribution in [-0.4, -0.2) is 27.9 Å². The molecule has 1 aromatic carbocycles. The molecule has 1 saturated carbocycles. The number of carbonyl (C=O) groups is 2. The highest BCUT2D eigenvalue weighted by atomic mass is 35.5. The Bertz CT molecular complexity index is 660. The van der Waals surface area contributed by atoms with Crippen LogP contribution in [0.15, 0.2) is 18.2 Å². The highest BCUT2D eigenvalue weighted by molar-refractivity contribution is 6.35. The van der Waals surface area contributed by atoms with Gasteiger partial charge in [0, 0.05) is 36.8 Å². The summed E-state index contributed by atoms with van der Waals surface area (Å²) in [6, 6.07) is 5.43. The number of carbonyl (C=O) groups excluding carboxylic acids is 2. The minimum Gasteiger partial charge on any atom is -0.364 e. The van der Waals surface area contributed by atoms with E-state index in [9.17, 15) is 9.59 Å². The van der Waals surface area contributed by atoms with Gasteiger partial charge in [-0.15, -0.1) is 0 Å². The van der Waals surface area contributed by atoms with Crippen LogP contribution in [0.25, 0.3) is 0 Å². The minimum absolute atomic E-state index is 0.0924. The molecule has 2 aliphatic rings. The first-order valence-corrected chi connectivity index (χ1v) is 8.22. The molecule has 1 saturated heterocycles. The Kier molecular flexibility index (Phi) is 3.75. The molecule has 1 aromatic rings. The molecule has 1 aliphatic carbocycles. The smallest absolute Gasteiger partial charge is 0.315 e. The third-order valence-corrected chi connectivity index (χ3v) is 5.87. The van der Waals surface area contributed by atoms with Crippen molar-refractivity contribution in [2.45, 2.75) is 50.7 Å². The Morgan fingerprint density at radius 1 is 1.41 bits per heavy atom. The zero-order valence-corrected chi connectivity index (χ0v) is 14.0. The van der Waals surface area contributed by atoms with Gasteiger partial charge in [-0.2, -0.15) is 0 Å². The Balaban J connectivity index is 2.08. The molecular weight excluding hydrogens is 323 g/mol. The lowest BCUT2D eigenvalue weighted by atomic mass is 9.94. The van der Waals surface area contributed by atoms with E-state index in [1.807, 2.05) is 13.0 Å². The van der Waals surface area contributed by atoms with Crippen molar-refractivity contribution in [1.82, 2.24) is 0 Å². The van der Waals surface area contributed by atoms with E-state index in [1.165, 1.54) is 0 Å². The van der Waals surface area contributed by atoms with E-state index in [0.717, 1.165) is 18.4 Å². The normalized spacial score (nSPS) is 31.5. The maximum absolute atomic E-state index is 12.8. The Morgan fingerprint density at radius 3 is 2.64 bits per heavy atom. The van der Waals surface area contributed by atoms with E-state index >= 15 is 0 Å². The van der Waals surface area contributed by atoms with E-state index in [0.29, 0.717) is 29.4 Å². The quantitative estimate of drug-likeness (QED) is 0.855. The number of likely N-dealkylation sites (tertiary alicyclic amines) is 1. The van der Waals surface area contributed by atoms with Gasteiger partial charge in [0.1, 0.15) is 6.54 Å². The van der Waals surface area contributed by atoms with E-state index in [4.69, 9.17) is 28.9 Å². The summed E-state index contributed by atoms with van der Waals surface area (Å²) in [5.74, 6) is -0.315. The first-order chi connectivity index (χ1) is 10.3. The molecule has 2 N–H and O–H groups in total. The summed E-state index contributed by atoms with van der Waals surface area (Å²) >= 11 is 12.2. The van der Waals surface area contributed by atoms with Crippen molar-refractivity contribution in [1.29, 1.82) is 0 Å². The molecule has 6 heteroatoms. The van der Waals surface area contributed by atoms with Crippen molar-refractivity contribution in [3.8, 4) is 0 Å². The summed E-state index contributed by atoms with van der Waals surface area (Å²) in [6.07, 6.45) is 2.78. The second-order valence-electron chi connectivity index (χ2n) is 6.53. The molecule has 0 aromatic heterocycles. The van der Waals surface area contributed by atoms with Gasteiger partial charge in [-0.1, -0.05) is 29.3 Å². The van der Waals surface area contributed by atoms with Gasteiger partial charge in [-0.25, -0.2) is 9.28 Å². The SMILES string of the molecule is C[C@@]1(C(N)=O)CCC(=O)[N+]1(Cc1ccc(Cl)cc1Cl)C1CC1. The highest BCUT2D eigenvalue weighted by Crippen LogP contribution is 2.50. The number of primary amides is 1. The van der Waals surface area contributed by atoms with E-state index in [-0.39, 0.29) is 16.4 Å². The van der Waals surface area contributed by atoms with Crippen LogP contribution in [0.4, 0.5) is 0 Å². The highest BCUT2D eigenvalue weighted by Gasteiger charge is 2.67. The zero-order valence-electron chi connectivity index (χ0n) is 12.4. The van der Waals surface area contributed by atoms with Gasteiger partial charge in [-0.3, -0.25) is 4.79 Å². The minimum atomic E-state index is -0.860. The lowest BCUT2D eigenvalue weighted by molar-refractivity contribution is -0.908. The summed E-state index contributed by atoms with van der Waals surface area (Å²) in [5.41, 5.74) is 5.66. The van der Waals surface area contributed by atoms with Crippen LogP contribution in [-0.2, 0) is 16.1 Å². The summed E-state index contributed by atoms with van der Waals surface area (Å²) in [6.45, 7) is 2.22. The molecule has 2 amide bonds. The number of nitrogens with zero attached hydrogens (tertiary/aromatic N) is 1. The van der Waals surface area contributed by atoms with Crippen molar-refractivity contribution in [2.75, 3.05) is 0 Å². The van der Waals surface area contributed by atoms with Gasteiger partial charge in [0.2, 0.25) is 0 Å². The van der Waals surface area contributed by atoms with E-state index in [1.54, 1.807) is 12.1 Å². The van der Waals surface area contributed by atoms with Crippen LogP contribution < -0.4 is 5.73 Å². The van der Waals surface area contributed by atoms with Gasteiger partial charge >= 0.3 is 5.91 Å².